The Bertz CT molecular complexity index is 462. The van der Waals surface area contributed by atoms with Gasteiger partial charge in [0.15, 0.2) is 5.82 Å². The average Bonchev–Trinajstić information content (AvgIpc) is 3.06. The number of likely N-dealkylation sites (N-methyl/N-ethyl adjacent to an activating group) is 1. The third-order valence-corrected chi connectivity index (χ3v) is 4.84. The second-order valence-corrected chi connectivity index (χ2v) is 6.05. The van der Waals surface area contributed by atoms with Crippen molar-refractivity contribution < 1.29 is 9.32 Å². The Morgan fingerprint density at radius 3 is 3.05 bits per heavy atom. The minimum Gasteiger partial charge on any atom is -0.343 e. The van der Waals surface area contributed by atoms with Crippen molar-refractivity contribution in [2.45, 2.75) is 51.2 Å². The van der Waals surface area contributed by atoms with Gasteiger partial charge in [0.05, 0.1) is 12.6 Å². The van der Waals surface area contributed by atoms with Crippen LogP contribution < -0.4 is 5.32 Å². The summed E-state index contributed by atoms with van der Waals surface area (Å²) in [5, 5.41) is 7.05. The van der Waals surface area contributed by atoms with Gasteiger partial charge in [-0.25, -0.2) is 0 Å². The molecule has 0 radical (unpaired) electrons. The SMILES string of the molecule is CNC1C(=O)N(Cc2ncon2)C2CCCC2CC1C. The van der Waals surface area contributed by atoms with Crippen LogP contribution in [0.5, 0.6) is 0 Å². The summed E-state index contributed by atoms with van der Waals surface area (Å²) < 4.78 is 4.79. The van der Waals surface area contributed by atoms with E-state index in [1.54, 1.807) is 0 Å². The van der Waals surface area contributed by atoms with Crippen molar-refractivity contribution in [3.05, 3.63) is 12.2 Å². The molecule has 2 aliphatic rings. The lowest BCUT2D eigenvalue weighted by molar-refractivity contribution is -0.136. The van der Waals surface area contributed by atoms with Crippen LogP contribution in [0.1, 0.15) is 38.4 Å². The molecule has 110 valence electrons. The fourth-order valence-corrected chi connectivity index (χ4v) is 3.92. The summed E-state index contributed by atoms with van der Waals surface area (Å²) in [6, 6.07) is 0.231. The van der Waals surface area contributed by atoms with E-state index in [9.17, 15) is 4.79 Å². The largest absolute Gasteiger partial charge is 0.343 e. The highest BCUT2D eigenvalue weighted by Crippen LogP contribution is 2.38. The van der Waals surface area contributed by atoms with Gasteiger partial charge in [0.1, 0.15) is 0 Å². The fourth-order valence-electron chi connectivity index (χ4n) is 3.92. The zero-order chi connectivity index (χ0) is 14.1. The molecule has 0 aromatic carbocycles. The first-order valence-electron chi connectivity index (χ1n) is 7.43. The standard InChI is InChI=1S/C14H22N4O2/c1-9-6-10-4-3-5-11(10)18(14(19)13(9)15-2)7-12-16-8-20-17-12/h8-11,13,15H,3-7H2,1-2H3. The number of nitrogens with one attached hydrogen (secondary N) is 1. The molecule has 1 aliphatic heterocycles. The van der Waals surface area contributed by atoms with Crippen LogP contribution in [0.25, 0.3) is 0 Å². The second kappa shape index (κ2) is 5.52. The first-order valence-corrected chi connectivity index (χ1v) is 7.43. The molecular weight excluding hydrogens is 256 g/mol. The van der Waals surface area contributed by atoms with Crippen LogP contribution in [-0.4, -0.2) is 40.1 Å². The van der Waals surface area contributed by atoms with E-state index in [0.717, 1.165) is 12.8 Å². The van der Waals surface area contributed by atoms with E-state index in [-0.39, 0.29) is 11.9 Å². The first-order chi connectivity index (χ1) is 9.70. The van der Waals surface area contributed by atoms with Gasteiger partial charge in [0.2, 0.25) is 12.3 Å². The van der Waals surface area contributed by atoms with Crippen molar-refractivity contribution in [2.24, 2.45) is 11.8 Å². The molecular formula is C14H22N4O2. The predicted molar refractivity (Wildman–Crippen MR) is 72.6 cm³/mol. The number of carbonyl (C=O) groups is 1. The van der Waals surface area contributed by atoms with E-state index in [1.807, 2.05) is 11.9 Å². The van der Waals surface area contributed by atoms with Crippen LogP contribution in [0.4, 0.5) is 0 Å². The molecule has 6 heteroatoms. The van der Waals surface area contributed by atoms with Gasteiger partial charge in [-0.2, -0.15) is 4.98 Å². The van der Waals surface area contributed by atoms with E-state index in [1.165, 1.54) is 19.2 Å². The number of likely N-dealkylation sites (tertiary alicyclic amines) is 1. The molecule has 1 saturated heterocycles. The zero-order valence-corrected chi connectivity index (χ0v) is 12.1. The quantitative estimate of drug-likeness (QED) is 0.899. The van der Waals surface area contributed by atoms with Crippen LogP contribution >= 0.6 is 0 Å². The summed E-state index contributed by atoms with van der Waals surface area (Å²) in [5.41, 5.74) is 0. The normalized spacial score (nSPS) is 34.1. The molecule has 4 unspecified atom stereocenters. The van der Waals surface area contributed by atoms with Crippen molar-refractivity contribution in [3.63, 3.8) is 0 Å². The molecule has 1 aromatic rings. The van der Waals surface area contributed by atoms with Crippen molar-refractivity contribution in [1.29, 1.82) is 0 Å². The van der Waals surface area contributed by atoms with E-state index in [2.05, 4.69) is 22.4 Å². The topological polar surface area (TPSA) is 71.3 Å². The lowest BCUT2D eigenvalue weighted by Crippen LogP contribution is -2.49. The lowest BCUT2D eigenvalue weighted by atomic mass is 9.90. The van der Waals surface area contributed by atoms with Crippen LogP contribution in [0.15, 0.2) is 10.9 Å². The third kappa shape index (κ3) is 2.32. The van der Waals surface area contributed by atoms with Crippen molar-refractivity contribution in [3.8, 4) is 0 Å². The van der Waals surface area contributed by atoms with Gasteiger partial charge in [0.25, 0.3) is 0 Å². The minimum absolute atomic E-state index is 0.104. The predicted octanol–water partition coefficient (Wildman–Crippen LogP) is 1.19. The molecule has 1 aliphatic carbocycles. The number of fused-ring (bicyclic) bond motifs is 1. The number of hydrogen-bond donors (Lipinski definition) is 1. The number of aromatic nitrogens is 2. The Kier molecular flexibility index (Phi) is 3.74. The van der Waals surface area contributed by atoms with Gasteiger partial charge in [-0.15, -0.1) is 0 Å². The number of hydrogen-bond acceptors (Lipinski definition) is 5. The summed E-state index contributed by atoms with van der Waals surface area (Å²) in [7, 11) is 1.87. The van der Waals surface area contributed by atoms with Crippen LogP contribution in [0.3, 0.4) is 0 Å². The number of rotatable bonds is 3. The monoisotopic (exact) mass is 278 g/mol. The highest BCUT2D eigenvalue weighted by Gasteiger charge is 2.43. The summed E-state index contributed by atoms with van der Waals surface area (Å²) >= 11 is 0. The second-order valence-electron chi connectivity index (χ2n) is 6.05. The zero-order valence-electron chi connectivity index (χ0n) is 12.1. The van der Waals surface area contributed by atoms with Gasteiger partial charge >= 0.3 is 0 Å². The van der Waals surface area contributed by atoms with Gasteiger partial charge in [-0.1, -0.05) is 18.5 Å². The lowest BCUT2D eigenvalue weighted by Gasteiger charge is -2.31. The highest BCUT2D eigenvalue weighted by atomic mass is 16.5. The Morgan fingerprint density at radius 1 is 1.50 bits per heavy atom. The fraction of sp³-hybridized carbons (Fsp3) is 0.786. The number of amides is 1. The summed E-state index contributed by atoms with van der Waals surface area (Å²) in [5.74, 6) is 1.75. The van der Waals surface area contributed by atoms with E-state index in [4.69, 9.17) is 4.52 Å². The van der Waals surface area contributed by atoms with E-state index < -0.39 is 0 Å². The van der Waals surface area contributed by atoms with Crippen LogP contribution in [-0.2, 0) is 11.3 Å². The molecule has 3 rings (SSSR count). The Morgan fingerprint density at radius 2 is 2.35 bits per heavy atom. The Balaban J connectivity index is 1.87. The van der Waals surface area contributed by atoms with Crippen molar-refractivity contribution in [1.82, 2.24) is 20.4 Å². The first kappa shape index (κ1) is 13.5. The maximum absolute atomic E-state index is 12.8. The summed E-state index contributed by atoms with van der Waals surface area (Å²) in [4.78, 5) is 18.9. The van der Waals surface area contributed by atoms with Gasteiger partial charge < -0.3 is 14.7 Å². The van der Waals surface area contributed by atoms with Crippen LogP contribution in [0, 0.1) is 11.8 Å². The van der Waals surface area contributed by atoms with Crippen molar-refractivity contribution in [2.75, 3.05) is 7.05 Å². The number of nitrogens with zero attached hydrogens (tertiary/aromatic N) is 3. The van der Waals surface area contributed by atoms with Gasteiger partial charge in [-0.05, 0) is 38.1 Å². The molecule has 1 aromatic heterocycles. The molecule has 20 heavy (non-hydrogen) atoms. The maximum atomic E-state index is 12.8. The molecule has 2 heterocycles. The molecule has 1 N–H and O–H groups in total. The summed E-state index contributed by atoms with van der Waals surface area (Å²) in [6.07, 6.45) is 5.97. The molecule has 6 nitrogen and oxygen atoms in total. The molecule has 2 fully saturated rings. The van der Waals surface area contributed by atoms with E-state index >= 15 is 0 Å². The third-order valence-electron chi connectivity index (χ3n) is 4.84. The minimum atomic E-state index is -0.104. The Labute approximate surface area is 118 Å². The maximum Gasteiger partial charge on any atom is 0.240 e. The number of carbonyl (C=O) groups excluding carboxylic acids is 1. The highest BCUT2D eigenvalue weighted by molar-refractivity contribution is 5.82. The van der Waals surface area contributed by atoms with Crippen molar-refractivity contribution >= 4 is 5.91 Å². The molecule has 1 amide bonds. The molecule has 0 bridgehead atoms. The molecule has 0 spiro atoms. The molecule has 4 atom stereocenters. The van der Waals surface area contributed by atoms with Crippen LogP contribution in [0.2, 0.25) is 0 Å². The Hall–Kier alpha value is -1.43. The molecule has 1 saturated carbocycles. The van der Waals surface area contributed by atoms with Gasteiger partial charge in [0, 0.05) is 6.04 Å². The van der Waals surface area contributed by atoms with E-state index in [0.29, 0.717) is 30.2 Å². The average molecular weight is 278 g/mol. The van der Waals surface area contributed by atoms with Gasteiger partial charge in [-0.3, -0.25) is 4.79 Å². The smallest absolute Gasteiger partial charge is 0.240 e. The summed E-state index contributed by atoms with van der Waals surface area (Å²) in [6.45, 7) is 2.63.